The Labute approximate surface area is 129 Å². The highest BCUT2D eigenvalue weighted by molar-refractivity contribution is 7.89. The third-order valence-corrected chi connectivity index (χ3v) is 5.57. The van der Waals surface area contributed by atoms with Gasteiger partial charge in [0.25, 0.3) is 0 Å². The van der Waals surface area contributed by atoms with Gasteiger partial charge in [0, 0.05) is 17.6 Å². The summed E-state index contributed by atoms with van der Waals surface area (Å²) in [6, 6.07) is 0.906. The molecular weight excluding hydrogens is 323 g/mol. The van der Waals surface area contributed by atoms with Crippen molar-refractivity contribution in [1.82, 2.24) is 4.72 Å². The van der Waals surface area contributed by atoms with Crippen LogP contribution in [0.5, 0.6) is 0 Å². The van der Waals surface area contributed by atoms with E-state index in [1.54, 1.807) is 19.9 Å². The first-order valence-electron chi connectivity index (χ1n) is 5.96. The predicted molar refractivity (Wildman–Crippen MR) is 80.8 cm³/mol. The second kappa shape index (κ2) is 6.60. The molecular formula is C12H18Cl2N2O3S. The maximum absolute atomic E-state index is 12.3. The zero-order valence-electron chi connectivity index (χ0n) is 11.4. The van der Waals surface area contributed by atoms with Crippen molar-refractivity contribution in [3.63, 3.8) is 0 Å². The van der Waals surface area contributed by atoms with E-state index in [1.807, 2.05) is 0 Å². The number of sulfonamides is 1. The van der Waals surface area contributed by atoms with Crippen molar-refractivity contribution < 1.29 is 13.5 Å². The number of aliphatic hydroxyl groups is 1. The molecule has 0 aliphatic heterocycles. The molecule has 2 atom stereocenters. The maximum Gasteiger partial charge on any atom is 0.242 e. The highest BCUT2D eigenvalue weighted by Crippen LogP contribution is 2.33. The first-order chi connectivity index (χ1) is 9.08. The van der Waals surface area contributed by atoms with Crippen molar-refractivity contribution >= 4 is 33.2 Å². The molecule has 0 bridgehead atoms. The summed E-state index contributed by atoms with van der Waals surface area (Å²) in [5, 5.41) is 9.73. The second-order valence-corrected chi connectivity index (χ2v) is 7.19. The molecule has 0 heterocycles. The molecule has 1 aromatic carbocycles. The van der Waals surface area contributed by atoms with Gasteiger partial charge in [-0.15, -0.1) is 0 Å². The molecule has 1 aromatic rings. The third-order valence-electron chi connectivity index (χ3n) is 2.99. The van der Waals surface area contributed by atoms with Gasteiger partial charge < -0.3 is 10.8 Å². The highest BCUT2D eigenvalue weighted by Gasteiger charge is 2.24. The number of halogens is 2. The molecule has 0 spiro atoms. The molecule has 0 aromatic heterocycles. The summed E-state index contributed by atoms with van der Waals surface area (Å²) in [4.78, 5) is -0.0537. The smallest absolute Gasteiger partial charge is 0.242 e. The maximum atomic E-state index is 12.3. The molecule has 0 fully saturated rings. The van der Waals surface area contributed by atoms with Crippen LogP contribution < -0.4 is 10.5 Å². The summed E-state index contributed by atoms with van der Waals surface area (Å²) in [5.41, 5.74) is 6.55. The van der Waals surface area contributed by atoms with E-state index >= 15 is 0 Å². The van der Waals surface area contributed by atoms with Gasteiger partial charge in [0.05, 0.1) is 11.1 Å². The normalized spacial score (nSPS) is 15.2. The Hall–Kier alpha value is -0.370. The lowest BCUT2D eigenvalue weighted by atomic mass is 10.2. The molecule has 0 radical (unpaired) electrons. The first-order valence-corrected chi connectivity index (χ1v) is 8.20. The number of hydrogen-bond donors (Lipinski definition) is 3. The molecule has 20 heavy (non-hydrogen) atoms. The topological polar surface area (TPSA) is 92.4 Å². The Morgan fingerprint density at radius 1 is 1.40 bits per heavy atom. The van der Waals surface area contributed by atoms with Crippen LogP contribution in [0.4, 0.5) is 0 Å². The van der Waals surface area contributed by atoms with E-state index in [9.17, 15) is 13.5 Å². The van der Waals surface area contributed by atoms with Crippen LogP contribution >= 0.6 is 23.2 Å². The Morgan fingerprint density at radius 2 is 1.95 bits per heavy atom. The molecule has 0 saturated heterocycles. The Bertz CT molecular complexity index is 577. The van der Waals surface area contributed by atoms with Gasteiger partial charge in [-0.25, -0.2) is 13.1 Å². The van der Waals surface area contributed by atoms with E-state index in [0.717, 1.165) is 0 Å². The predicted octanol–water partition coefficient (Wildman–Crippen LogP) is 1.60. The highest BCUT2D eigenvalue weighted by atomic mass is 35.5. The van der Waals surface area contributed by atoms with Crippen molar-refractivity contribution in [2.75, 3.05) is 6.54 Å². The number of aliphatic hydroxyl groups excluding tert-OH is 1. The van der Waals surface area contributed by atoms with Gasteiger partial charge in [0.15, 0.2) is 0 Å². The zero-order valence-corrected chi connectivity index (χ0v) is 13.8. The fourth-order valence-corrected chi connectivity index (χ4v) is 3.86. The lowest BCUT2D eigenvalue weighted by Crippen LogP contribution is -2.43. The SMILES string of the molecule is Cc1cc(Cl)c(C)c(S(=O)(=O)NCC(N)C(C)O)c1Cl. The summed E-state index contributed by atoms with van der Waals surface area (Å²) in [5.74, 6) is 0. The molecule has 0 aliphatic carbocycles. The van der Waals surface area contributed by atoms with Crippen LogP contribution in [0.2, 0.25) is 10.0 Å². The van der Waals surface area contributed by atoms with E-state index in [1.165, 1.54) is 6.92 Å². The van der Waals surface area contributed by atoms with E-state index in [0.29, 0.717) is 16.1 Å². The Kier molecular flexibility index (Phi) is 5.83. The third kappa shape index (κ3) is 3.84. The quantitative estimate of drug-likeness (QED) is 0.758. The molecule has 8 heteroatoms. The van der Waals surface area contributed by atoms with E-state index < -0.39 is 22.2 Å². The minimum Gasteiger partial charge on any atom is -0.392 e. The number of nitrogens with two attached hydrogens (primary N) is 1. The van der Waals surface area contributed by atoms with E-state index in [2.05, 4.69) is 4.72 Å². The van der Waals surface area contributed by atoms with Crippen molar-refractivity contribution in [2.45, 2.75) is 37.8 Å². The second-order valence-electron chi connectivity index (χ2n) is 4.70. The fraction of sp³-hybridized carbons (Fsp3) is 0.500. The van der Waals surface area contributed by atoms with E-state index in [4.69, 9.17) is 28.9 Å². The molecule has 114 valence electrons. The number of aryl methyl sites for hydroxylation is 1. The molecule has 0 amide bonds. The lowest BCUT2D eigenvalue weighted by Gasteiger charge is -2.18. The van der Waals surface area contributed by atoms with Crippen LogP contribution in [0.3, 0.4) is 0 Å². The lowest BCUT2D eigenvalue weighted by molar-refractivity contribution is 0.164. The van der Waals surface area contributed by atoms with Crippen LogP contribution in [-0.4, -0.2) is 32.2 Å². The van der Waals surface area contributed by atoms with Crippen LogP contribution in [0, 0.1) is 13.8 Å². The standard InChI is InChI=1S/C12H18Cl2N2O3S/c1-6-4-9(13)7(2)12(11(6)14)20(18,19)16-5-10(15)8(3)17/h4,8,10,16-17H,5,15H2,1-3H3. The van der Waals surface area contributed by atoms with Crippen molar-refractivity contribution in [3.8, 4) is 0 Å². The van der Waals surface area contributed by atoms with Gasteiger partial charge in [0.2, 0.25) is 10.0 Å². The summed E-state index contributed by atoms with van der Waals surface area (Å²) < 4.78 is 27.0. The van der Waals surface area contributed by atoms with Crippen molar-refractivity contribution in [1.29, 1.82) is 0 Å². The minimum absolute atomic E-state index is 0.0537. The number of benzene rings is 1. The molecule has 5 nitrogen and oxygen atoms in total. The van der Waals surface area contributed by atoms with Crippen molar-refractivity contribution in [2.24, 2.45) is 5.73 Å². The molecule has 1 rings (SSSR count). The van der Waals surface area contributed by atoms with Crippen LogP contribution in [0.15, 0.2) is 11.0 Å². The van der Waals surface area contributed by atoms with E-state index in [-0.39, 0.29) is 16.5 Å². The van der Waals surface area contributed by atoms with Gasteiger partial charge in [-0.3, -0.25) is 0 Å². The molecule has 0 aliphatic rings. The summed E-state index contributed by atoms with van der Waals surface area (Å²) >= 11 is 12.1. The first kappa shape index (κ1) is 17.7. The van der Waals surface area contributed by atoms with Gasteiger partial charge in [0.1, 0.15) is 4.90 Å². The largest absolute Gasteiger partial charge is 0.392 e. The minimum atomic E-state index is -3.85. The van der Waals surface area contributed by atoms with Gasteiger partial charge >= 0.3 is 0 Å². The average molecular weight is 341 g/mol. The summed E-state index contributed by atoms with van der Waals surface area (Å²) in [6.07, 6.45) is -0.824. The monoisotopic (exact) mass is 340 g/mol. The zero-order chi connectivity index (χ0) is 15.7. The van der Waals surface area contributed by atoms with Crippen LogP contribution in [0.1, 0.15) is 18.1 Å². The van der Waals surface area contributed by atoms with Gasteiger partial charge in [-0.1, -0.05) is 23.2 Å². The average Bonchev–Trinajstić information content (AvgIpc) is 2.33. The molecule has 4 N–H and O–H groups in total. The van der Waals surface area contributed by atoms with Gasteiger partial charge in [-0.05, 0) is 38.0 Å². The fourth-order valence-electron chi connectivity index (χ4n) is 1.58. The van der Waals surface area contributed by atoms with Crippen molar-refractivity contribution in [3.05, 3.63) is 27.2 Å². The molecule has 0 saturated carbocycles. The Morgan fingerprint density at radius 3 is 2.45 bits per heavy atom. The van der Waals surface area contributed by atoms with Gasteiger partial charge in [-0.2, -0.15) is 0 Å². The number of hydrogen-bond acceptors (Lipinski definition) is 4. The Balaban J connectivity index is 3.17. The summed E-state index contributed by atoms with van der Waals surface area (Å²) in [6.45, 7) is 4.65. The molecule has 2 unspecified atom stereocenters. The number of nitrogens with one attached hydrogen (secondary N) is 1. The van der Waals surface area contributed by atoms with Crippen LogP contribution in [-0.2, 0) is 10.0 Å². The summed E-state index contributed by atoms with van der Waals surface area (Å²) in [7, 11) is -3.85. The number of rotatable bonds is 5. The van der Waals surface area contributed by atoms with Crippen LogP contribution in [0.25, 0.3) is 0 Å².